The van der Waals surface area contributed by atoms with Gasteiger partial charge < -0.3 is 20.1 Å². The highest BCUT2D eigenvalue weighted by Crippen LogP contribution is 2.11. The van der Waals surface area contributed by atoms with Crippen molar-refractivity contribution in [1.82, 2.24) is 5.32 Å². The molecule has 0 fully saturated rings. The normalized spacial score (nSPS) is 10.5. The van der Waals surface area contributed by atoms with Crippen LogP contribution in [0.2, 0.25) is 0 Å². The lowest BCUT2D eigenvalue weighted by atomic mass is 10.2. The predicted molar refractivity (Wildman–Crippen MR) is 80.0 cm³/mol. The molecule has 0 aliphatic heterocycles. The SMILES string of the molecule is COCCNC(=O)c1cccc(N/C=C(/C#N)C(=O)OC)c1. The molecule has 0 bridgehead atoms. The van der Waals surface area contributed by atoms with E-state index >= 15 is 0 Å². The smallest absolute Gasteiger partial charge is 0.350 e. The average molecular weight is 303 g/mol. The molecule has 22 heavy (non-hydrogen) atoms. The Balaban J connectivity index is 2.76. The largest absolute Gasteiger partial charge is 0.465 e. The van der Waals surface area contributed by atoms with Gasteiger partial charge in [0.25, 0.3) is 5.91 Å². The lowest BCUT2D eigenvalue weighted by molar-refractivity contribution is -0.135. The number of methoxy groups -OCH3 is 2. The first kappa shape index (κ1) is 17.2. The highest BCUT2D eigenvalue weighted by molar-refractivity contribution is 5.95. The van der Waals surface area contributed by atoms with E-state index in [2.05, 4.69) is 15.4 Å². The van der Waals surface area contributed by atoms with E-state index in [-0.39, 0.29) is 11.5 Å². The zero-order valence-corrected chi connectivity index (χ0v) is 12.4. The van der Waals surface area contributed by atoms with E-state index in [9.17, 15) is 9.59 Å². The van der Waals surface area contributed by atoms with E-state index in [1.54, 1.807) is 37.4 Å². The molecule has 0 aliphatic carbocycles. The van der Waals surface area contributed by atoms with Crippen LogP contribution in [0.15, 0.2) is 36.0 Å². The zero-order chi connectivity index (χ0) is 16.4. The van der Waals surface area contributed by atoms with E-state index in [0.29, 0.717) is 24.4 Å². The molecule has 0 aliphatic rings. The number of anilines is 1. The molecule has 7 nitrogen and oxygen atoms in total. The van der Waals surface area contributed by atoms with Crippen LogP contribution in [0.25, 0.3) is 0 Å². The first-order chi connectivity index (χ1) is 10.6. The molecule has 1 amide bonds. The number of esters is 1. The van der Waals surface area contributed by atoms with Gasteiger partial charge in [0.05, 0.1) is 13.7 Å². The maximum atomic E-state index is 11.9. The van der Waals surface area contributed by atoms with Crippen molar-refractivity contribution in [1.29, 1.82) is 5.26 Å². The van der Waals surface area contributed by atoms with Crippen molar-refractivity contribution < 1.29 is 19.1 Å². The molecule has 1 aromatic rings. The molecule has 1 aromatic carbocycles. The summed E-state index contributed by atoms with van der Waals surface area (Å²) >= 11 is 0. The lowest BCUT2D eigenvalue weighted by Gasteiger charge is -2.07. The number of nitrogens with one attached hydrogen (secondary N) is 2. The molecule has 0 heterocycles. The zero-order valence-electron chi connectivity index (χ0n) is 12.4. The highest BCUT2D eigenvalue weighted by atomic mass is 16.5. The maximum Gasteiger partial charge on any atom is 0.350 e. The standard InChI is InChI=1S/C15H17N3O4/c1-21-7-6-17-14(19)11-4-3-5-13(8-11)18-10-12(9-16)15(20)22-2/h3-5,8,10,18H,6-7H2,1-2H3,(H,17,19)/b12-10-. The van der Waals surface area contributed by atoms with Gasteiger partial charge >= 0.3 is 5.97 Å². The molecule has 0 unspecified atom stereocenters. The molecule has 0 saturated heterocycles. The highest BCUT2D eigenvalue weighted by Gasteiger charge is 2.08. The number of benzene rings is 1. The molecule has 0 spiro atoms. The second-order valence-electron chi connectivity index (χ2n) is 4.14. The summed E-state index contributed by atoms with van der Waals surface area (Å²) in [4.78, 5) is 23.1. The Kier molecular flexibility index (Phi) is 7.16. The van der Waals surface area contributed by atoms with Crippen molar-refractivity contribution >= 4 is 17.6 Å². The topological polar surface area (TPSA) is 100 Å². The quantitative estimate of drug-likeness (QED) is 0.338. The van der Waals surface area contributed by atoms with E-state index in [1.165, 1.54) is 13.3 Å². The van der Waals surface area contributed by atoms with Crippen LogP contribution in [-0.4, -0.2) is 39.2 Å². The van der Waals surface area contributed by atoms with Crippen molar-refractivity contribution in [3.63, 3.8) is 0 Å². The number of nitrogens with zero attached hydrogens (tertiary/aromatic N) is 1. The molecule has 1 rings (SSSR count). The molecular formula is C15H17N3O4. The van der Waals surface area contributed by atoms with Gasteiger partial charge in [0.2, 0.25) is 0 Å². The summed E-state index contributed by atoms with van der Waals surface area (Å²) in [5, 5.41) is 14.3. The number of hydrogen-bond donors (Lipinski definition) is 2. The number of carbonyl (C=O) groups excluding carboxylic acids is 2. The summed E-state index contributed by atoms with van der Waals surface area (Å²) in [7, 11) is 2.75. The Bertz CT molecular complexity index is 605. The molecule has 0 saturated carbocycles. The average Bonchev–Trinajstić information content (AvgIpc) is 2.55. The van der Waals surface area contributed by atoms with Crippen molar-refractivity contribution in [3.8, 4) is 6.07 Å². The van der Waals surface area contributed by atoms with Crippen LogP contribution in [0, 0.1) is 11.3 Å². The fourth-order valence-corrected chi connectivity index (χ4v) is 1.52. The Morgan fingerprint density at radius 3 is 2.77 bits per heavy atom. The molecule has 0 atom stereocenters. The third-order valence-corrected chi connectivity index (χ3v) is 2.63. The molecule has 0 radical (unpaired) electrons. The van der Waals surface area contributed by atoms with Crippen molar-refractivity contribution in [2.45, 2.75) is 0 Å². The van der Waals surface area contributed by atoms with Crippen LogP contribution < -0.4 is 10.6 Å². The van der Waals surface area contributed by atoms with Crippen molar-refractivity contribution in [2.75, 3.05) is 32.7 Å². The molecule has 0 aromatic heterocycles. The van der Waals surface area contributed by atoms with Gasteiger partial charge in [0.15, 0.2) is 5.57 Å². The fraction of sp³-hybridized carbons (Fsp3) is 0.267. The minimum atomic E-state index is -0.733. The third-order valence-electron chi connectivity index (χ3n) is 2.63. The summed E-state index contributed by atoms with van der Waals surface area (Å²) in [6.07, 6.45) is 1.23. The summed E-state index contributed by atoms with van der Waals surface area (Å²) in [6.45, 7) is 0.838. The van der Waals surface area contributed by atoms with Gasteiger partial charge in [-0.15, -0.1) is 0 Å². The van der Waals surface area contributed by atoms with Crippen LogP contribution in [0.3, 0.4) is 0 Å². The van der Waals surface area contributed by atoms with Gasteiger partial charge in [-0.05, 0) is 18.2 Å². The predicted octanol–water partition coefficient (Wildman–Crippen LogP) is 1.06. The van der Waals surface area contributed by atoms with Gasteiger partial charge in [-0.25, -0.2) is 4.79 Å². The minimum Gasteiger partial charge on any atom is -0.465 e. The van der Waals surface area contributed by atoms with Gasteiger partial charge in [-0.3, -0.25) is 4.79 Å². The summed E-state index contributed by atoms with van der Waals surface area (Å²) in [5.41, 5.74) is 0.847. The Hall–Kier alpha value is -2.85. The van der Waals surface area contributed by atoms with Crippen molar-refractivity contribution in [2.24, 2.45) is 0 Å². The third kappa shape index (κ3) is 5.26. The van der Waals surface area contributed by atoms with Gasteiger partial charge in [0, 0.05) is 31.1 Å². The number of ether oxygens (including phenoxy) is 2. The summed E-state index contributed by atoms with van der Waals surface area (Å²) < 4.78 is 9.32. The monoisotopic (exact) mass is 303 g/mol. The molecular weight excluding hydrogens is 286 g/mol. The van der Waals surface area contributed by atoms with E-state index in [4.69, 9.17) is 10.00 Å². The van der Waals surface area contributed by atoms with Gasteiger partial charge in [0.1, 0.15) is 6.07 Å². The summed E-state index contributed by atoms with van der Waals surface area (Å²) in [5.74, 6) is -0.971. The van der Waals surface area contributed by atoms with Gasteiger partial charge in [-0.1, -0.05) is 6.07 Å². The second kappa shape index (κ2) is 9.15. The van der Waals surface area contributed by atoms with E-state index < -0.39 is 5.97 Å². The van der Waals surface area contributed by atoms with Crippen LogP contribution in [0.1, 0.15) is 10.4 Å². The first-order valence-corrected chi connectivity index (χ1v) is 6.44. The summed E-state index contributed by atoms with van der Waals surface area (Å²) in [6, 6.07) is 8.37. The fourth-order valence-electron chi connectivity index (χ4n) is 1.52. The minimum absolute atomic E-state index is 0.169. The van der Waals surface area contributed by atoms with E-state index in [1.807, 2.05) is 0 Å². The molecule has 2 N–H and O–H groups in total. The molecule has 116 valence electrons. The van der Waals surface area contributed by atoms with Crippen LogP contribution in [0.5, 0.6) is 0 Å². The number of hydrogen-bond acceptors (Lipinski definition) is 6. The Labute approximate surface area is 128 Å². The lowest BCUT2D eigenvalue weighted by Crippen LogP contribution is -2.26. The van der Waals surface area contributed by atoms with E-state index in [0.717, 1.165) is 0 Å². The van der Waals surface area contributed by atoms with Crippen LogP contribution >= 0.6 is 0 Å². The van der Waals surface area contributed by atoms with Crippen molar-refractivity contribution in [3.05, 3.63) is 41.6 Å². The Morgan fingerprint density at radius 1 is 1.36 bits per heavy atom. The van der Waals surface area contributed by atoms with Crippen LogP contribution in [-0.2, 0) is 14.3 Å². The second-order valence-corrected chi connectivity index (χ2v) is 4.14. The number of nitriles is 1. The van der Waals surface area contributed by atoms with Crippen LogP contribution in [0.4, 0.5) is 5.69 Å². The first-order valence-electron chi connectivity index (χ1n) is 6.44. The molecule has 7 heteroatoms. The Morgan fingerprint density at radius 2 is 2.14 bits per heavy atom. The number of carbonyl (C=O) groups is 2. The number of amides is 1. The number of rotatable bonds is 7. The van der Waals surface area contributed by atoms with Gasteiger partial charge in [-0.2, -0.15) is 5.26 Å². The maximum absolute atomic E-state index is 11.9.